The Balaban J connectivity index is 1.82. The van der Waals surface area contributed by atoms with Crippen LogP contribution < -0.4 is 5.32 Å². The molecule has 0 aliphatic rings. The Labute approximate surface area is 172 Å². The van der Waals surface area contributed by atoms with Crippen LogP contribution in [0.4, 0.5) is 5.82 Å². The van der Waals surface area contributed by atoms with Gasteiger partial charge in [-0.1, -0.05) is 47.5 Å². The van der Waals surface area contributed by atoms with E-state index in [4.69, 9.17) is 23.2 Å². The van der Waals surface area contributed by atoms with Gasteiger partial charge in [0.25, 0.3) is 5.91 Å². The second-order valence-electron chi connectivity index (χ2n) is 6.37. The number of hydrogen-bond acceptors (Lipinski definition) is 3. The first-order valence-electron chi connectivity index (χ1n) is 8.60. The number of carbonyl (C=O) groups excluding carboxylic acids is 1. The quantitative estimate of drug-likeness (QED) is 0.442. The van der Waals surface area contributed by atoms with Crippen molar-refractivity contribution in [3.05, 3.63) is 88.0 Å². The standard InChI is InChI=1S/C22H15Cl2N3O/c1-13-8-9-25-21(10-13)27-22(28)16-12-20(14-6-7-17(23)18(24)11-14)26-19-5-3-2-4-15(16)19/h2-12H,1H3,(H,25,27,28). The molecule has 0 saturated carbocycles. The van der Waals surface area contributed by atoms with Gasteiger partial charge in [-0.2, -0.15) is 0 Å². The maximum Gasteiger partial charge on any atom is 0.257 e. The van der Waals surface area contributed by atoms with Crippen molar-refractivity contribution in [3.63, 3.8) is 0 Å². The Hall–Kier alpha value is -2.95. The minimum Gasteiger partial charge on any atom is -0.307 e. The predicted molar refractivity (Wildman–Crippen MR) is 114 cm³/mol. The van der Waals surface area contributed by atoms with Crippen molar-refractivity contribution in [3.8, 4) is 11.3 Å². The Morgan fingerprint density at radius 3 is 2.57 bits per heavy atom. The highest BCUT2D eigenvalue weighted by molar-refractivity contribution is 6.42. The number of anilines is 1. The third kappa shape index (κ3) is 3.70. The SMILES string of the molecule is Cc1ccnc(NC(=O)c2cc(-c3ccc(Cl)c(Cl)c3)nc3ccccc23)c1. The fraction of sp³-hybridized carbons (Fsp3) is 0.0455. The van der Waals surface area contributed by atoms with Gasteiger partial charge >= 0.3 is 0 Å². The van der Waals surface area contributed by atoms with Gasteiger partial charge in [-0.05, 0) is 48.9 Å². The molecule has 28 heavy (non-hydrogen) atoms. The number of nitrogens with zero attached hydrogens (tertiary/aromatic N) is 2. The van der Waals surface area contributed by atoms with Gasteiger partial charge in [0.15, 0.2) is 0 Å². The molecule has 0 aliphatic carbocycles. The predicted octanol–water partition coefficient (Wildman–Crippen LogP) is 6.16. The maximum absolute atomic E-state index is 13.0. The highest BCUT2D eigenvalue weighted by Crippen LogP contribution is 2.30. The van der Waals surface area contributed by atoms with E-state index in [0.29, 0.717) is 32.6 Å². The molecular formula is C22H15Cl2N3O. The lowest BCUT2D eigenvalue weighted by Crippen LogP contribution is -2.14. The molecule has 4 nitrogen and oxygen atoms in total. The highest BCUT2D eigenvalue weighted by Gasteiger charge is 2.15. The molecule has 138 valence electrons. The van der Waals surface area contributed by atoms with Crippen molar-refractivity contribution in [2.75, 3.05) is 5.32 Å². The van der Waals surface area contributed by atoms with Gasteiger partial charge in [0, 0.05) is 17.1 Å². The summed E-state index contributed by atoms with van der Waals surface area (Å²) in [6, 6.07) is 18.3. The van der Waals surface area contributed by atoms with E-state index in [1.54, 1.807) is 24.4 Å². The van der Waals surface area contributed by atoms with Crippen LogP contribution in [0.2, 0.25) is 10.0 Å². The lowest BCUT2D eigenvalue weighted by molar-refractivity contribution is 0.102. The van der Waals surface area contributed by atoms with Crippen molar-refractivity contribution in [1.82, 2.24) is 9.97 Å². The van der Waals surface area contributed by atoms with Gasteiger partial charge in [0.05, 0.1) is 26.8 Å². The molecule has 4 aromatic rings. The zero-order valence-corrected chi connectivity index (χ0v) is 16.4. The topological polar surface area (TPSA) is 54.9 Å². The minimum atomic E-state index is -0.252. The zero-order chi connectivity index (χ0) is 19.7. The van der Waals surface area contributed by atoms with Gasteiger partial charge in [-0.15, -0.1) is 0 Å². The van der Waals surface area contributed by atoms with Crippen molar-refractivity contribution >= 4 is 45.8 Å². The molecule has 1 amide bonds. The summed E-state index contributed by atoms with van der Waals surface area (Å²) in [5.41, 5.74) is 3.66. The van der Waals surface area contributed by atoms with Crippen molar-refractivity contribution < 1.29 is 4.79 Å². The summed E-state index contributed by atoms with van der Waals surface area (Å²) in [6.45, 7) is 1.95. The Morgan fingerprint density at radius 1 is 0.964 bits per heavy atom. The number of fused-ring (bicyclic) bond motifs is 1. The van der Waals surface area contributed by atoms with Gasteiger partial charge in [0.2, 0.25) is 0 Å². The number of aryl methyl sites for hydroxylation is 1. The molecule has 2 aromatic heterocycles. The van der Waals surface area contributed by atoms with Crippen molar-refractivity contribution in [2.24, 2.45) is 0 Å². The van der Waals surface area contributed by atoms with E-state index in [2.05, 4.69) is 15.3 Å². The monoisotopic (exact) mass is 407 g/mol. The molecule has 0 bridgehead atoms. The number of aromatic nitrogens is 2. The molecule has 0 aliphatic heterocycles. The highest BCUT2D eigenvalue weighted by atomic mass is 35.5. The van der Waals surface area contributed by atoms with E-state index < -0.39 is 0 Å². The van der Waals surface area contributed by atoms with Crippen LogP contribution in [0, 0.1) is 6.92 Å². The Morgan fingerprint density at radius 2 is 1.79 bits per heavy atom. The second kappa shape index (κ2) is 7.58. The zero-order valence-electron chi connectivity index (χ0n) is 14.9. The summed E-state index contributed by atoms with van der Waals surface area (Å²) in [7, 11) is 0. The van der Waals surface area contributed by atoms with Crippen molar-refractivity contribution in [1.29, 1.82) is 0 Å². The molecular weight excluding hydrogens is 393 g/mol. The first-order chi connectivity index (χ1) is 13.5. The third-order valence-electron chi connectivity index (χ3n) is 4.33. The average molecular weight is 408 g/mol. The molecule has 0 atom stereocenters. The fourth-order valence-electron chi connectivity index (χ4n) is 2.95. The van der Waals surface area contributed by atoms with Crippen LogP contribution in [0.5, 0.6) is 0 Å². The summed E-state index contributed by atoms with van der Waals surface area (Å²) in [6.07, 6.45) is 1.66. The number of benzene rings is 2. The molecule has 0 saturated heterocycles. The lowest BCUT2D eigenvalue weighted by atomic mass is 10.0. The fourth-order valence-corrected chi connectivity index (χ4v) is 3.25. The number of hydrogen-bond donors (Lipinski definition) is 1. The van der Waals surface area contributed by atoms with Gasteiger partial charge in [-0.3, -0.25) is 4.79 Å². The molecule has 0 fully saturated rings. The molecule has 6 heteroatoms. The number of nitrogens with one attached hydrogen (secondary N) is 1. The summed E-state index contributed by atoms with van der Waals surface area (Å²) in [5.74, 6) is 0.250. The average Bonchev–Trinajstić information content (AvgIpc) is 2.69. The van der Waals surface area contributed by atoms with Crippen LogP contribution in [-0.2, 0) is 0 Å². The van der Waals surface area contributed by atoms with Crippen LogP contribution in [0.15, 0.2) is 66.9 Å². The van der Waals surface area contributed by atoms with Crippen LogP contribution in [0.1, 0.15) is 15.9 Å². The summed E-state index contributed by atoms with van der Waals surface area (Å²) in [5, 5.41) is 4.53. The second-order valence-corrected chi connectivity index (χ2v) is 7.19. The molecule has 1 N–H and O–H groups in total. The number of carbonyl (C=O) groups is 1. The molecule has 0 unspecified atom stereocenters. The summed E-state index contributed by atoms with van der Waals surface area (Å²) < 4.78 is 0. The number of halogens is 2. The molecule has 2 aromatic carbocycles. The normalized spacial score (nSPS) is 10.8. The molecule has 4 rings (SSSR count). The third-order valence-corrected chi connectivity index (χ3v) is 5.07. The van der Waals surface area contributed by atoms with E-state index in [-0.39, 0.29) is 5.91 Å². The smallest absolute Gasteiger partial charge is 0.257 e. The van der Waals surface area contributed by atoms with Crippen LogP contribution in [-0.4, -0.2) is 15.9 Å². The van der Waals surface area contributed by atoms with Crippen LogP contribution in [0.3, 0.4) is 0 Å². The van der Waals surface area contributed by atoms with Crippen LogP contribution >= 0.6 is 23.2 Å². The first-order valence-corrected chi connectivity index (χ1v) is 9.36. The number of pyridine rings is 2. The van der Waals surface area contributed by atoms with Gasteiger partial charge in [-0.25, -0.2) is 9.97 Å². The number of rotatable bonds is 3. The lowest BCUT2D eigenvalue weighted by Gasteiger charge is -2.11. The summed E-state index contributed by atoms with van der Waals surface area (Å²) >= 11 is 12.2. The minimum absolute atomic E-state index is 0.252. The van der Waals surface area contributed by atoms with E-state index in [1.807, 2.05) is 49.4 Å². The molecule has 2 heterocycles. The maximum atomic E-state index is 13.0. The van der Waals surface area contributed by atoms with E-state index >= 15 is 0 Å². The van der Waals surface area contributed by atoms with Gasteiger partial charge in [0.1, 0.15) is 5.82 Å². The largest absolute Gasteiger partial charge is 0.307 e. The van der Waals surface area contributed by atoms with Gasteiger partial charge < -0.3 is 5.32 Å². The molecule has 0 spiro atoms. The number of para-hydroxylation sites is 1. The van der Waals surface area contributed by atoms with Crippen LogP contribution in [0.25, 0.3) is 22.2 Å². The van der Waals surface area contributed by atoms with E-state index in [1.165, 1.54) is 0 Å². The Kier molecular flexibility index (Phi) is 4.99. The Bertz CT molecular complexity index is 1210. The number of amides is 1. The van der Waals surface area contributed by atoms with E-state index in [0.717, 1.165) is 16.5 Å². The molecule has 0 radical (unpaired) electrons. The summed E-state index contributed by atoms with van der Waals surface area (Å²) in [4.78, 5) is 21.9. The first kappa shape index (κ1) is 18.4. The van der Waals surface area contributed by atoms with E-state index in [9.17, 15) is 4.79 Å². The van der Waals surface area contributed by atoms with Crippen molar-refractivity contribution in [2.45, 2.75) is 6.92 Å².